The Balaban J connectivity index is 1.65. The Kier molecular flexibility index (Phi) is 7.34. The standard InChI is InChI=1S/C26H22O4/c27-24(23-13-6-10-21(18-23)19-26(28)29)16-15-22-12-4-5-14-25(22)30-17-7-11-20-8-2-1-3-9-20/h1-16,18H,17,19H2,(H,28,29). The third-order valence-electron chi connectivity index (χ3n) is 4.35. The van der Waals surface area contributed by atoms with Crippen molar-refractivity contribution in [2.75, 3.05) is 6.61 Å². The van der Waals surface area contributed by atoms with Crippen molar-refractivity contribution >= 4 is 23.9 Å². The molecule has 30 heavy (non-hydrogen) atoms. The van der Waals surface area contributed by atoms with E-state index >= 15 is 0 Å². The molecule has 0 amide bonds. The van der Waals surface area contributed by atoms with E-state index in [-0.39, 0.29) is 12.2 Å². The number of carbonyl (C=O) groups is 2. The fourth-order valence-corrected chi connectivity index (χ4v) is 2.91. The van der Waals surface area contributed by atoms with Gasteiger partial charge in [0.2, 0.25) is 0 Å². The summed E-state index contributed by atoms with van der Waals surface area (Å²) >= 11 is 0. The Bertz CT molecular complexity index is 1070. The molecule has 1 N–H and O–H groups in total. The summed E-state index contributed by atoms with van der Waals surface area (Å²) in [7, 11) is 0. The van der Waals surface area contributed by atoms with Crippen molar-refractivity contribution in [3.05, 3.63) is 113 Å². The van der Waals surface area contributed by atoms with Crippen LogP contribution in [0.1, 0.15) is 27.0 Å². The van der Waals surface area contributed by atoms with Crippen LogP contribution in [-0.4, -0.2) is 23.5 Å². The Hall–Kier alpha value is -3.92. The normalized spacial score (nSPS) is 11.1. The number of hydrogen-bond acceptors (Lipinski definition) is 3. The molecule has 0 bridgehead atoms. The van der Waals surface area contributed by atoms with Gasteiger partial charge in [-0.2, -0.15) is 0 Å². The fourth-order valence-electron chi connectivity index (χ4n) is 2.91. The van der Waals surface area contributed by atoms with E-state index in [0.29, 0.717) is 23.5 Å². The average molecular weight is 398 g/mol. The van der Waals surface area contributed by atoms with Crippen LogP contribution in [0.2, 0.25) is 0 Å². The summed E-state index contributed by atoms with van der Waals surface area (Å²) in [4.78, 5) is 23.4. The molecule has 0 saturated carbocycles. The van der Waals surface area contributed by atoms with Crippen LogP contribution in [0.15, 0.2) is 91.0 Å². The summed E-state index contributed by atoms with van der Waals surface area (Å²) in [6.45, 7) is 0.408. The van der Waals surface area contributed by atoms with E-state index in [2.05, 4.69) is 0 Å². The van der Waals surface area contributed by atoms with Crippen molar-refractivity contribution in [2.24, 2.45) is 0 Å². The molecule has 0 saturated heterocycles. The van der Waals surface area contributed by atoms with Crippen molar-refractivity contribution in [3.63, 3.8) is 0 Å². The molecule has 150 valence electrons. The van der Waals surface area contributed by atoms with E-state index in [1.807, 2.05) is 66.7 Å². The van der Waals surface area contributed by atoms with Gasteiger partial charge >= 0.3 is 5.97 Å². The first-order valence-corrected chi connectivity index (χ1v) is 9.58. The highest BCUT2D eigenvalue weighted by atomic mass is 16.5. The first kappa shape index (κ1) is 20.8. The number of carbonyl (C=O) groups excluding carboxylic acids is 1. The Morgan fingerprint density at radius 1 is 0.867 bits per heavy atom. The maximum Gasteiger partial charge on any atom is 0.307 e. The summed E-state index contributed by atoms with van der Waals surface area (Å²) in [6.07, 6.45) is 7.00. The maximum atomic E-state index is 12.5. The largest absolute Gasteiger partial charge is 0.489 e. The molecule has 4 nitrogen and oxygen atoms in total. The van der Waals surface area contributed by atoms with Crippen LogP contribution in [0.3, 0.4) is 0 Å². The highest BCUT2D eigenvalue weighted by molar-refractivity contribution is 6.07. The molecule has 3 aromatic carbocycles. The van der Waals surface area contributed by atoms with Gasteiger partial charge in [-0.15, -0.1) is 0 Å². The van der Waals surface area contributed by atoms with Gasteiger partial charge < -0.3 is 9.84 Å². The number of rotatable bonds is 9. The minimum atomic E-state index is -0.928. The average Bonchev–Trinajstić information content (AvgIpc) is 2.76. The third-order valence-corrected chi connectivity index (χ3v) is 4.35. The van der Waals surface area contributed by atoms with Crippen molar-refractivity contribution in [3.8, 4) is 5.75 Å². The molecule has 0 aliphatic heterocycles. The van der Waals surface area contributed by atoms with Gasteiger partial charge in [0.25, 0.3) is 0 Å². The number of carboxylic acids is 1. The van der Waals surface area contributed by atoms with Crippen molar-refractivity contribution in [1.82, 2.24) is 0 Å². The SMILES string of the molecule is O=C(O)Cc1cccc(C(=O)C=Cc2ccccc2OCC=Cc2ccccc2)c1. The quantitative estimate of drug-likeness (QED) is 0.392. The van der Waals surface area contributed by atoms with Gasteiger partial charge in [0.1, 0.15) is 12.4 Å². The van der Waals surface area contributed by atoms with Crippen molar-refractivity contribution in [2.45, 2.75) is 6.42 Å². The molecule has 0 heterocycles. The first-order chi connectivity index (χ1) is 14.6. The summed E-state index contributed by atoms with van der Waals surface area (Å²) in [5.41, 5.74) is 2.94. The predicted octanol–water partition coefficient (Wildman–Crippen LogP) is 5.30. The van der Waals surface area contributed by atoms with E-state index in [4.69, 9.17) is 9.84 Å². The molecule has 0 aliphatic carbocycles. The number of allylic oxidation sites excluding steroid dienone is 1. The number of ether oxygens (including phenoxy) is 1. The van der Waals surface area contributed by atoms with E-state index < -0.39 is 5.97 Å². The summed E-state index contributed by atoms with van der Waals surface area (Å²) < 4.78 is 5.85. The van der Waals surface area contributed by atoms with Crippen LogP contribution in [0.4, 0.5) is 0 Å². The highest BCUT2D eigenvalue weighted by Crippen LogP contribution is 2.20. The topological polar surface area (TPSA) is 63.6 Å². The maximum absolute atomic E-state index is 12.5. The molecule has 0 unspecified atom stereocenters. The summed E-state index contributed by atoms with van der Waals surface area (Å²) in [5, 5.41) is 8.91. The molecule has 4 heteroatoms. The molecule has 0 spiro atoms. The smallest absolute Gasteiger partial charge is 0.307 e. The molecular weight excluding hydrogens is 376 g/mol. The van der Waals surface area contributed by atoms with Crippen LogP contribution in [0.5, 0.6) is 5.75 Å². The Morgan fingerprint density at radius 3 is 2.43 bits per heavy atom. The second-order valence-electron chi connectivity index (χ2n) is 6.63. The molecule has 0 aromatic heterocycles. The highest BCUT2D eigenvalue weighted by Gasteiger charge is 2.06. The monoisotopic (exact) mass is 398 g/mol. The lowest BCUT2D eigenvalue weighted by Crippen LogP contribution is -2.02. The predicted molar refractivity (Wildman–Crippen MR) is 119 cm³/mol. The Labute approximate surface area is 175 Å². The number of carboxylic acid groups (broad SMARTS) is 1. The van der Waals surface area contributed by atoms with Crippen molar-refractivity contribution < 1.29 is 19.4 Å². The number of aliphatic carboxylic acids is 1. The zero-order chi connectivity index (χ0) is 21.2. The fraction of sp³-hybridized carbons (Fsp3) is 0.0769. The van der Waals surface area contributed by atoms with Gasteiger partial charge in [0.05, 0.1) is 6.42 Å². The van der Waals surface area contributed by atoms with Gasteiger partial charge in [-0.1, -0.05) is 72.8 Å². The zero-order valence-corrected chi connectivity index (χ0v) is 16.4. The van der Waals surface area contributed by atoms with Gasteiger partial charge in [0, 0.05) is 11.1 Å². The minimum absolute atomic E-state index is 0.113. The molecule has 0 atom stereocenters. The van der Waals surface area contributed by atoms with Gasteiger partial charge in [0.15, 0.2) is 5.78 Å². The third kappa shape index (κ3) is 6.31. The number of ketones is 1. The van der Waals surface area contributed by atoms with E-state index in [1.165, 1.54) is 6.08 Å². The molecule has 0 radical (unpaired) electrons. The van der Waals surface area contributed by atoms with Crippen molar-refractivity contribution in [1.29, 1.82) is 0 Å². The molecule has 0 aliphatic rings. The first-order valence-electron chi connectivity index (χ1n) is 9.58. The van der Waals surface area contributed by atoms with E-state index in [9.17, 15) is 9.59 Å². The van der Waals surface area contributed by atoms with Gasteiger partial charge in [-0.3, -0.25) is 9.59 Å². The zero-order valence-electron chi connectivity index (χ0n) is 16.4. The minimum Gasteiger partial charge on any atom is -0.489 e. The number of hydrogen-bond donors (Lipinski definition) is 1. The lowest BCUT2D eigenvalue weighted by Gasteiger charge is -2.07. The lowest BCUT2D eigenvalue weighted by atomic mass is 10.0. The van der Waals surface area contributed by atoms with Crippen LogP contribution < -0.4 is 4.74 Å². The second kappa shape index (κ2) is 10.6. The van der Waals surface area contributed by atoms with E-state index in [0.717, 1.165) is 11.1 Å². The Morgan fingerprint density at radius 2 is 1.63 bits per heavy atom. The number of benzene rings is 3. The summed E-state index contributed by atoms with van der Waals surface area (Å²) in [5.74, 6) is -0.442. The number of para-hydroxylation sites is 1. The molecule has 0 fully saturated rings. The molecule has 3 rings (SSSR count). The van der Waals surface area contributed by atoms with Crippen LogP contribution in [0, 0.1) is 0 Å². The van der Waals surface area contributed by atoms with Gasteiger partial charge in [-0.05, 0) is 41.5 Å². The molecular formula is C26H22O4. The van der Waals surface area contributed by atoms with Crippen LogP contribution in [-0.2, 0) is 11.2 Å². The lowest BCUT2D eigenvalue weighted by molar-refractivity contribution is -0.136. The van der Waals surface area contributed by atoms with E-state index in [1.54, 1.807) is 30.3 Å². The van der Waals surface area contributed by atoms with Crippen LogP contribution in [0.25, 0.3) is 12.2 Å². The summed E-state index contributed by atoms with van der Waals surface area (Å²) in [6, 6.07) is 24.1. The van der Waals surface area contributed by atoms with Gasteiger partial charge in [-0.25, -0.2) is 0 Å². The van der Waals surface area contributed by atoms with Crippen LogP contribution >= 0.6 is 0 Å². The molecule has 3 aromatic rings. The second-order valence-corrected chi connectivity index (χ2v) is 6.63.